The molecule has 714 valence electrons. The molecule has 0 fully saturated rings. The molecule has 6 aromatic heterocycles. The van der Waals surface area contributed by atoms with Crippen LogP contribution in [-0.2, 0) is 109 Å². The van der Waals surface area contributed by atoms with Crippen LogP contribution in [0.4, 0.5) is 17.6 Å². The van der Waals surface area contributed by atoms with Crippen LogP contribution >= 0.6 is 0 Å². The summed E-state index contributed by atoms with van der Waals surface area (Å²) in [6.07, 6.45) is 14.3. The zero-order valence-electron chi connectivity index (χ0n) is 73.2. The normalized spacial score (nSPS) is 10.9. The van der Waals surface area contributed by atoms with Crippen LogP contribution in [0.1, 0.15) is 144 Å². The Morgan fingerprint density at radius 3 is 1.20 bits per heavy atom. The number of hydrogen-bond donors (Lipinski definition) is 3. The number of aryl methyl sites for hydroxylation is 4. The number of carbonyl (C=O) groups is 7. The predicted molar refractivity (Wildman–Crippen MR) is 500 cm³/mol. The summed E-state index contributed by atoms with van der Waals surface area (Å²) in [6.45, 7) is 5.23. The molecule has 0 atom stereocenters. The van der Waals surface area contributed by atoms with E-state index in [0.717, 1.165) is 53.5 Å². The minimum atomic E-state index is -0.884. The first-order valence-corrected chi connectivity index (χ1v) is 40.6. The van der Waals surface area contributed by atoms with E-state index < -0.39 is 73.6 Å². The van der Waals surface area contributed by atoms with Crippen molar-refractivity contribution < 1.29 is 112 Å². The van der Waals surface area contributed by atoms with Gasteiger partial charge < -0.3 is 96.0 Å². The van der Waals surface area contributed by atoms with E-state index in [1.807, 2.05) is 36.4 Å². The van der Waals surface area contributed by atoms with Crippen LogP contribution in [0.25, 0.3) is 11.0 Å². The van der Waals surface area contributed by atoms with Gasteiger partial charge in [0.15, 0.2) is 68.6 Å². The topological polar surface area (TPSA) is 376 Å². The molecule has 0 aliphatic carbocycles. The second-order valence-corrected chi connectivity index (χ2v) is 29.0. The van der Waals surface area contributed by atoms with Crippen molar-refractivity contribution in [3.8, 4) is 23.0 Å². The SMILES string of the molecule is C.CCCN.COC(=O)c1c(OCc2ccccc2)c(=O)c(C(=O)CCc2ccc(F)cc2)cn1CC=O.COCCN1CCn2cc(C(=O)CCc3ccc(F)cc3)c(=O)c(O)c2C1=O.COCCn1ccn2cc(C(=O)CCc3ccc(F)cc3)c(=O)c(O)c2c1=O.COCCn1ccn2cc(C(=O)CCc3ccc(F)cc3)c(=O)c(OCc3ccccc3)c2c1=O.[BH4-].[CH3-].[CH3-].[HH].[Pd]. The number of fused-ring (bicyclic) bond motifs is 3. The number of aldehydes is 1. The summed E-state index contributed by atoms with van der Waals surface area (Å²) in [7, 11) is 5.70. The van der Waals surface area contributed by atoms with Crippen molar-refractivity contribution in [1.82, 2.24) is 32.0 Å². The van der Waals surface area contributed by atoms with E-state index in [1.54, 1.807) is 85.2 Å². The summed E-state index contributed by atoms with van der Waals surface area (Å²) in [5.74, 6) is -6.61. The van der Waals surface area contributed by atoms with E-state index in [4.69, 9.17) is 34.2 Å². The minimum absolute atomic E-state index is 0. The van der Waals surface area contributed by atoms with Gasteiger partial charge in [0.05, 0.1) is 55.7 Å². The molecule has 1 amide bonds. The van der Waals surface area contributed by atoms with Gasteiger partial charge in [-0.2, -0.15) is 0 Å². The molecule has 6 aromatic carbocycles. The fourth-order valence-corrected chi connectivity index (χ4v) is 13.1. The number of halogens is 4. The van der Waals surface area contributed by atoms with Crippen molar-refractivity contribution in [3.63, 3.8) is 0 Å². The number of rotatable bonds is 35. The monoisotopic (exact) mass is 1930 g/mol. The molecule has 0 saturated heterocycles. The van der Waals surface area contributed by atoms with Gasteiger partial charge in [-0.3, -0.25) is 52.7 Å². The maximum absolute atomic E-state index is 13.4. The summed E-state index contributed by atoms with van der Waals surface area (Å²) < 4.78 is 91.6. The van der Waals surface area contributed by atoms with Gasteiger partial charge in [0, 0.05) is 151 Å². The Morgan fingerprint density at radius 2 is 0.805 bits per heavy atom. The van der Waals surface area contributed by atoms with Gasteiger partial charge in [-0.25, -0.2) is 22.4 Å². The maximum Gasteiger partial charge on any atom is 0.358 e. The number of ether oxygens (including phenoxy) is 6. The molecule has 0 unspecified atom stereocenters. The number of hydrogen-bond acceptors (Lipinski definition) is 22. The van der Waals surface area contributed by atoms with Crippen molar-refractivity contribution in [2.75, 3.05) is 67.9 Å². The zero-order valence-corrected chi connectivity index (χ0v) is 74.8. The zero-order chi connectivity index (χ0) is 92.5. The second-order valence-electron chi connectivity index (χ2n) is 29.0. The minimum Gasteiger partial charge on any atom is -0.503 e. The molecule has 0 saturated carbocycles. The van der Waals surface area contributed by atoms with E-state index in [1.165, 1.54) is 139 Å². The molecule has 12 aromatic rings. The Balaban J connectivity index is 0.000000449. The molecule has 13 rings (SSSR count). The van der Waals surface area contributed by atoms with Crippen molar-refractivity contribution in [2.24, 2.45) is 5.73 Å². The number of nitrogens with two attached hydrogens (primary N) is 1. The molecule has 7 heterocycles. The number of nitrogens with zero attached hydrogens (tertiary/aromatic N) is 7. The van der Waals surface area contributed by atoms with Gasteiger partial charge in [0.25, 0.3) is 17.0 Å². The first kappa shape index (κ1) is 112. The van der Waals surface area contributed by atoms with E-state index >= 15 is 0 Å². The first-order chi connectivity index (χ1) is 61.7. The molecule has 0 spiro atoms. The molecule has 0 bridgehead atoms. The number of aromatic hydroxyl groups is 2. The smallest absolute Gasteiger partial charge is 0.358 e. The van der Waals surface area contributed by atoms with Crippen LogP contribution in [0.5, 0.6) is 23.0 Å². The Kier molecular flexibility index (Phi) is 46.6. The largest absolute Gasteiger partial charge is 0.503 e. The number of carbonyl (C=O) groups excluding carboxylic acids is 7. The number of benzene rings is 6. The summed E-state index contributed by atoms with van der Waals surface area (Å²) >= 11 is 0. The molecule has 35 heteroatoms. The van der Waals surface area contributed by atoms with Gasteiger partial charge in [-0.15, -0.1) is 0 Å². The first-order valence-electron chi connectivity index (χ1n) is 40.6. The van der Waals surface area contributed by atoms with Crippen molar-refractivity contribution in [3.05, 3.63) is 374 Å². The van der Waals surface area contributed by atoms with Gasteiger partial charge in [-0.1, -0.05) is 132 Å². The van der Waals surface area contributed by atoms with Gasteiger partial charge in [0.1, 0.15) is 42.8 Å². The van der Waals surface area contributed by atoms with Crippen LogP contribution in [0.2, 0.25) is 0 Å². The fourth-order valence-electron chi connectivity index (χ4n) is 13.1. The molecule has 29 nitrogen and oxygen atoms in total. The average molecular weight is 1930 g/mol. The Morgan fingerprint density at radius 1 is 0.451 bits per heavy atom. The Labute approximate surface area is 782 Å². The van der Waals surface area contributed by atoms with Crippen molar-refractivity contribution in [2.45, 2.75) is 112 Å². The third kappa shape index (κ3) is 30.4. The number of Topliss-reactive ketones (excluding diaryl/α,β-unsaturated/α-hetero) is 4. The number of methoxy groups -OCH3 is 4. The fraction of sp³-hybridized carbons (Fsp3) is 0.276. The maximum atomic E-state index is 13.4. The van der Waals surface area contributed by atoms with Crippen LogP contribution in [0, 0.1) is 38.1 Å². The summed E-state index contributed by atoms with van der Waals surface area (Å²) in [4.78, 5) is 166. The molecular weight excluding hydrogens is 1820 g/mol. The number of esters is 1. The van der Waals surface area contributed by atoms with Crippen LogP contribution in [-0.4, -0.2) is 160 Å². The molecule has 1 aliphatic rings. The third-order valence-corrected chi connectivity index (χ3v) is 20.2. The molecule has 0 radical (unpaired) electrons. The summed E-state index contributed by atoms with van der Waals surface area (Å²) in [5, 5.41) is 20.6. The van der Waals surface area contributed by atoms with E-state index in [9.17, 15) is 90.1 Å². The van der Waals surface area contributed by atoms with Gasteiger partial charge >= 0.3 is 5.97 Å². The molecule has 1 aliphatic heterocycles. The number of pyridine rings is 4. The van der Waals surface area contributed by atoms with E-state index in [0.29, 0.717) is 71.5 Å². The number of amides is 1. The Bertz CT molecular complexity index is 6300. The van der Waals surface area contributed by atoms with Crippen LogP contribution in [0.3, 0.4) is 0 Å². The van der Waals surface area contributed by atoms with Crippen molar-refractivity contribution in [1.29, 1.82) is 0 Å². The number of ketones is 4. The van der Waals surface area contributed by atoms with Crippen LogP contribution in [0.15, 0.2) is 236 Å². The summed E-state index contributed by atoms with van der Waals surface area (Å²) in [6, 6.07) is 41.2. The van der Waals surface area contributed by atoms with E-state index in [-0.39, 0.29) is 196 Å². The van der Waals surface area contributed by atoms with Gasteiger partial charge in [-0.05, 0) is 121 Å². The standard InChI is InChI=1S/C27H25FN2O5.C25H22FNO6.C20H21FN2O5.C20H19FN2O5.C3H9N.CH4.2CH3.BH4.Pd.H2/c1-34-16-15-29-13-14-30-17-22(23(31)12-9-19-7-10-21(28)11-8-19)25(32)26(24(30)27(29)33)35-18-20-5-3-2-4-6-20;1-32-25(31)22-24(33-16-18-5-3-2-4-6-18)23(30)20(15-27(22)13-14-28)21(29)12-9-17-7-10-19(26)11-8-17;2*1-28-11-10-22-8-9-23-12-15(18(25)19(26)17(23)20(22)27)16(24)7-4-13-2-5-14(21)6-3-13;1-2-3-4;;;;;;/h2-8,10-11,13-14,17H,9,12,15-16,18H2,1H3;2-8,10-11,14-15H,9,12-13,16H2,1H3;2-3,5-6,12,26H,4,7-11H2,1H3;2-3,5-6,8-9,12,26H,4,7,10-11H2,1H3;2-4H2,1H3;1H4;2*1H3;1H4;;1H/q;;;;;;3*-1;;. The second kappa shape index (κ2) is 55.5. The molecule has 133 heavy (non-hydrogen) atoms. The quantitative estimate of drug-likeness (QED) is 0.00829. The molecular formula is C98H112BF4N8O21Pd-3. The summed E-state index contributed by atoms with van der Waals surface area (Å²) in [5.41, 5.74) is 4.36. The number of aromatic nitrogens is 6. The predicted octanol–water partition coefficient (Wildman–Crippen LogP) is 11.1. The average Bonchev–Trinajstić information content (AvgIpc) is 0.770. The third-order valence-electron chi connectivity index (χ3n) is 20.2. The van der Waals surface area contributed by atoms with Crippen LogP contribution < -0.4 is 48.0 Å². The van der Waals surface area contributed by atoms with Gasteiger partial charge in [0.2, 0.25) is 21.7 Å². The van der Waals surface area contributed by atoms with Crippen molar-refractivity contribution >= 4 is 60.7 Å². The molecule has 4 N–H and O–H groups in total. The Hall–Kier alpha value is -13.7. The van der Waals surface area contributed by atoms with E-state index in [2.05, 4.69) is 6.92 Å².